The average Bonchev–Trinajstić information content (AvgIpc) is 2.75. The molecule has 0 amide bonds. The highest BCUT2D eigenvalue weighted by molar-refractivity contribution is 7.88. The molecule has 1 fully saturated rings. The third-order valence-corrected chi connectivity index (χ3v) is 7.00. The number of nitriles is 1. The van der Waals surface area contributed by atoms with Gasteiger partial charge in [-0.15, -0.1) is 0 Å². The molecule has 0 atom stereocenters. The molecule has 2 aromatic carbocycles. The van der Waals surface area contributed by atoms with Crippen LogP contribution in [-0.2, 0) is 16.4 Å². The Hall–Kier alpha value is -3.02. The molecule has 0 radical (unpaired) electrons. The van der Waals surface area contributed by atoms with Gasteiger partial charge in [-0.25, -0.2) is 17.1 Å². The van der Waals surface area contributed by atoms with Gasteiger partial charge >= 0.3 is 0 Å². The quantitative estimate of drug-likeness (QED) is 0.652. The number of benzene rings is 2. The smallest absolute Gasteiger partial charge is 0.211 e. The van der Waals surface area contributed by atoms with Gasteiger partial charge in [0.05, 0.1) is 18.7 Å². The number of nitrogens with zero attached hydrogens (tertiary/aromatic N) is 3. The van der Waals surface area contributed by atoms with Gasteiger partial charge in [0.2, 0.25) is 10.0 Å². The minimum Gasteiger partial charge on any atom is -0.382 e. The van der Waals surface area contributed by atoms with Crippen molar-refractivity contribution in [1.82, 2.24) is 9.29 Å². The zero-order valence-electron chi connectivity index (χ0n) is 17.2. The largest absolute Gasteiger partial charge is 0.382 e. The van der Waals surface area contributed by atoms with Gasteiger partial charge in [-0.2, -0.15) is 5.26 Å². The number of hydrogen-bond acceptors (Lipinski definition) is 5. The topological polar surface area (TPSA) is 86.1 Å². The molecule has 2 heterocycles. The summed E-state index contributed by atoms with van der Waals surface area (Å²) >= 11 is 0. The Balaban J connectivity index is 1.65. The third kappa shape index (κ3) is 4.68. The number of hydrogen-bond donors (Lipinski definition) is 1. The first-order chi connectivity index (χ1) is 14.8. The summed E-state index contributed by atoms with van der Waals surface area (Å²) in [6.45, 7) is 0.968. The van der Waals surface area contributed by atoms with Crippen LogP contribution in [0.2, 0.25) is 0 Å². The van der Waals surface area contributed by atoms with Crippen LogP contribution in [0.25, 0.3) is 21.9 Å². The van der Waals surface area contributed by atoms with E-state index in [1.165, 1.54) is 16.6 Å². The normalized spacial score (nSPS) is 15.6. The van der Waals surface area contributed by atoms with Crippen molar-refractivity contribution >= 4 is 26.5 Å². The van der Waals surface area contributed by atoms with Crippen LogP contribution in [0.1, 0.15) is 18.4 Å². The number of fused-ring (bicyclic) bond motifs is 1. The van der Waals surface area contributed by atoms with Gasteiger partial charge < -0.3 is 5.32 Å². The van der Waals surface area contributed by atoms with Crippen LogP contribution in [0.15, 0.2) is 48.8 Å². The van der Waals surface area contributed by atoms with E-state index in [0.717, 1.165) is 27.6 Å². The lowest BCUT2D eigenvalue weighted by atomic mass is 9.98. The van der Waals surface area contributed by atoms with Crippen molar-refractivity contribution in [1.29, 1.82) is 5.26 Å². The Labute approximate surface area is 181 Å². The van der Waals surface area contributed by atoms with E-state index in [2.05, 4.69) is 10.3 Å². The predicted octanol–water partition coefficient (Wildman–Crippen LogP) is 3.94. The van der Waals surface area contributed by atoms with Crippen molar-refractivity contribution < 1.29 is 12.8 Å². The molecular formula is C23H23FN4O2S. The zero-order chi connectivity index (χ0) is 22.0. The Kier molecular flexibility index (Phi) is 5.90. The van der Waals surface area contributed by atoms with Crippen molar-refractivity contribution in [2.45, 2.75) is 25.3 Å². The van der Waals surface area contributed by atoms with E-state index in [0.29, 0.717) is 31.5 Å². The van der Waals surface area contributed by atoms with E-state index >= 15 is 0 Å². The molecule has 1 aromatic heterocycles. The lowest BCUT2D eigenvalue weighted by Crippen LogP contribution is -2.41. The second-order valence-corrected chi connectivity index (χ2v) is 9.82. The minimum absolute atomic E-state index is 0.0362. The van der Waals surface area contributed by atoms with Crippen molar-refractivity contribution in [3.63, 3.8) is 0 Å². The first kappa shape index (κ1) is 21.2. The van der Waals surface area contributed by atoms with Gasteiger partial charge in [0.25, 0.3) is 0 Å². The van der Waals surface area contributed by atoms with E-state index in [4.69, 9.17) is 5.26 Å². The Morgan fingerprint density at radius 3 is 2.65 bits per heavy atom. The van der Waals surface area contributed by atoms with E-state index < -0.39 is 15.8 Å². The lowest BCUT2D eigenvalue weighted by molar-refractivity contribution is 0.332. The summed E-state index contributed by atoms with van der Waals surface area (Å²) in [5.74, 6) is -0.392. The summed E-state index contributed by atoms with van der Waals surface area (Å²) in [6.07, 6.45) is 6.20. The molecular weight excluding hydrogens is 415 g/mol. The van der Waals surface area contributed by atoms with Crippen LogP contribution >= 0.6 is 0 Å². The molecule has 6 nitrogen and oxygen atoms in total. The second-order valence-electron chi connectivity index (χ2n) is 7.84. The zero-order valence-corrected chi connectivity index (χ0v) is 18.0. The van der Waals surface area contributed by atoms with Gasteiger partial charge in [0, 0.05) is 48.2 Å². The van der Waals surface area contributed by atoms with E-state index in [1.807, 2.05) is 30.3 Å². The molecule has 31 heavy (non-hydrogen) atoms. The fraction of sp³-hybridized carbons (Fsp3) is 0.304. The lowest BCUT2D eigenvalue weighted by Gasteiger charge is -2.31. The van der Waals surface area contributed by atoms with E-state index in [9.17, 15) is 12.8 Å². The molecule has 4 rings (SSSR count). The predicted molar refractivity (Wildman–Crippen MR) is 120 cm³/mol. The minimum atomic E-state index is -3.17. The standard InChI is InChI=1S/C23H23FN4O2S/c1-31(29,30)28-10-6-20(7-11-28)27-23-14-19(12-18-5-9-26-15-21(18)23)17-3-2-16(4-8-25)22(24)13-17/h2-3,5,9,12-15,20,27H,4,6-7,10-11H2,1H3. The number of pyridine rings is 1. The van der Waals surface area contributed by atoms with Crippen molar-refractivity contribution in [2.24, 2.45) is 0 Å². The van der Waals surface area contributed by atoms with Gasteiger partial charge in [-0.3, -0.25) is 4.98 Å². The number of piperidine rings is 1. The Morgan fingerprint density at radius 2 is 1.97 bits per heavy atom. The molecule has 0 aliphatic carbocycles. The summed E-state index contributed by atoms with van der Waals surface area (Å²) < 4.78 is 39.5. The van der Waals surface area contributed by atoms with Crippen molar-refractivity contribution in [3.8, 4) is 17.2 Å². The molecule has 160 valence electrons. The number of aromatic nitrogens is 1. The third-order valence-electron chi connectivity index (χ3n) is 5.69. The molecule has 1 saturated heterocycles. The monoisotopic (exact) mass is 438 g/mol. The highest BCUT2D eigenvalue weighted by atomic mass is 32.2. The SMILES string of the molecule is CS(=O)(=O)N1CCC(Nc2cc(-c3ccc(CC#N)c(F)c3)cc3ccncc23)CC1. The van der Waals surface area contributed by atoms with Crippen LogP contribution in [0.3, 0.4) is 0 Å². The first-order valence-electron chi connectivity index (χ1n) is 10.1. The summed E-state index contributed by atoms with van der Waals surface area (Å²) in [7, 11) is -3.17. The summed E-state index contributed by atoms with van der Waals surface area (Å²) in [4.78, 5) is 4.24. The average molecular weight is 439 g/mol. The molecule has 0 unspecified atom stereocenters. The van der Waals surface area contributed by atoms with Gasteiger partial charge in [0.15, 0.2) is 0 Å². The Morgan fingerprint density at radius 1 is 1.19 bits per heavy atom. The maximum atomic E-state index is 14.4. The molecule has 8 heteroatoms. The highest BCUT2D eigenvalue weighted by Crippen LogP contribution is 2.32. The summed E-state index contributed by atoms with van der Waals surface area (Å²) in [5, 5.41) is 14.3. The van der Waals surface area contributed by atoms with Crippen LogP contribution in [-0.4, -0.2) is 43.1 Å². The molecule has 0 bridgehead atoms. The van der Waals surface area contributed by atoms with E-state index in [1.54, 1.807) is 18.5 Å². The number of anilines is 1. The van der Waals surface area contributed by atoms with Crippen molar-refractivity contribution in [3.05, 3.63) is 60.2 Å². The highest BCUT2D eigenvalue weighted by Gasteiger charge is 2.25. The van der Waals surface area contributed by atoms with Crippen LogP contribution in [0.4, 0.5) is 10.1 Å². The maximum Gasteiger partial charge on any atom is 0.211 e. The van der Waals surface area contributed by atoms with Gasteiger partial charge in [-0.1, -0.05) is 12.1 Å². The Bertz CT molecular complexity index is 1260. The summed E-state index contributed by atoms with van der Waals surface area (Å²) in [5.41, 5.74) is 2.86. The molecule has 1 aliphatic heterocycles. The van der Waals surface area contributed by atoms with Crippen LogP contribution in [0.5, 0.6) is 0 Å². The molecule has 1 N–H and O–H groups in total. The summed E-state index contributed by atoms with van der Waals surface area (Å²) in [6, 6.07) is 12.9. The molecule has 0 saturated carbocycles. The number of sulfonamides is 1. The second kappa shape index (κ2) is 8.61. The number of rotatable bonds is 5. The number of nitrogens with one attached hydrogen (secondary N) is 1. The molecule has 1 aliphatic rings. The molecule has 3 aromatic rings. The molecule has 0 spiro atoms. The fourth-order valence-electron chi connectivity index (χ4n) is 3.99. The number of halogens is 1. The first-order valence-corrected chi connectivity index (χ1v) is 11.9. The van der Waals surface area contributed by atoms with Crippen LogP contribution in [0, 0.1) is 17.1 Å². The van der Waals surface area contributed by atoms with E-state index in [-0.39, 0.29) is 12.5 Å². The van der Waals surface area contributed by atoms with Gasteiger partial charge in [-0.05, 0) is 53.6 Å². The van der Waals surface area contributed by atoms with Crippen molar-refractivity contribution in [2.75, 3.05) is 24.7 Å². The van der Waals surface area contributed by atoms with Gasteiger partial charge in [0.1, 0.15) is 5.82 Å². The van der Waals surface area contributed by atoms with Crippen LogP contribution < -0.4 is 5.32 Å². The maximum absolute atomic E-state index is 14.4. The fourth-order valence-corrected chi connectivity index (χ4v) is 4.87.